The summed E-state index contributed by atoms with van der Waals surface area (Å²) < 4.78 is 1.62. The van der Waals surface area contributed by atoms with Gasteiger partial charge in [0, 0.05) is 6.54 Å². The molecular weight excluding hydrogens is 202 g/mol. The summed E-state index contributed by atoms with van der Waals surface area (Å²) in [6, 6.07) is -0.317. The molecule has 0 aliphatic heterocycles. The summed E-state index contributed by atoms with van der Waals surface area (Å²) in [5.41, 5.74) is 0.811. The number of aromatic nitrogens is 2. The van der Waals surface area contributed by atoms with Crippen molar-refractivity contribution in [3.8, 4) is 0 Å². The van der Waals surface area contributed by atoms with Crippen molar-refractivity contribution in [1.82, 2.24) is 15.1 Å². The minimum atomic E-state index is -0.317. The number of likely N-dealkylation sites (N-methyl/N-ethyl adjacent to an activating group) is 1. The van der Waals surface area contributed by atoms with Gasteiger partial charge in [-0.15, -0.1) is 0 Å². The van der Waals surface area contributed by atoms with Gasteiger partial charge in [0.2, 0.25) is 5.91 Å². The number of hydrogen-bond donors (Lipinski definition) is 1. The summed E-state index contributed by atoms with van der Waals surface area (Å²) in [5, 5.41) is 7.36. The van der Waals surface area contributed by atoms with E-state index in [9.17, 15) is 4.79 Å². The number of hydrogen-bond acceptors (Lipinski definition) is 2. The Balaban J connectivity index is 2.83. The number of carbonyl (C=O) groups excluding carboxylic acids is 1. The van der Waals surface area contributed by atoms with Gasteiger partial charge in [-0.2, -0.15) is 5.10 Å². The van der Waals surface area contributed by atoms with E-state index >= 15 is 0 Å². The smallest absolute Gasteiger partial charge is 0.244 e. The molecule has 1 atom stereocenters. The van der Waals surface area contributed by atoms with Crippen LogP contribution in [0.15, 0.2) is 6.20 Å². The SMILES string of the molecule is CCNC(=O)C(C)n1ncc(Cl)c1C. The average Bonchev–Trinajstić information content (AvgIpc) is 2.47. The Morgan fingerprint density at radius 3 is 2.86 bits per heavy atom. The van der Waals surface area contributed by atoms with Gasteiger partial charge in [-0.1, -0.05) is 11.6 Å². The van der Waals surface area contributed by atoms with Crippen LogP contribution in [0, 0.1) is 6.92 Å². The third kappa shape index (κ3) is 2.07. The molecule has 1 amide bonds. The number of nitrogens with zero attached hydrogens (tertiary/aromatic N) is 2. The normalized spacial score (nSPS) is 12.6. The van der Waals surface area contributed by atoms with Crippen molar-refractivity contribution in [1.29, 1.82) is 0 Å². The van der Waals surface area contributed by atoms with Gasteiger partial charge in [0.25, 0.3) is 0 Å². The van der Waals surface area contributed by atoms with E-state index in [2.05, 4.69) is 10.4 Å². The predicted octanol–water partition coefficient (Wildman–Crippen LogP) is 1.54. The molecule has 0 radical (unpaired) electrons. The molecule has 0 fully saturated rings. The monoisotopic (exact) mass is 215 g/mol. The van der Waals surface area contributed by atoms with Gasteiger partial charge >= 0.3 is 0 Å². The Hall–Kier alpha value is -1.03. The molecule has 4 nitrogen and oxygen atoms in total. The molecular formula is C9H14ClN3O. The highest BCUT2D eigenvalue weighted by atomic mass is 35.5. The predicted molar refractivity (Wildman–Crippen MR) is 55.4 cm³/mol. The third-order valence-electron chi connectivity index (χ3n) is 2.08. The molecule has 0 aliphatic carbocycles. The summed E-state index contributed by atoms with van der Waals surface area (Å²) >= 11 is 5.84. The fourth-order valence-electron chi connectivity index (χ4n) is 1.23. The zero-order chi connectivity index (χ0) is 10.7. The van der Waals surface area contributed by atoms with E-state index < -0.39 is 0 Å². The van der Waals surface area contributed by atoms with E-state index in [4.69, 9.17) is 11.6 Å². The Morgan fingerprint density at radius 1 is 1.79 bits per heavy atom. The van der Waals surface area contributed by atoms with Crippen LogP contribution in [0.3, 0.4) is 0 Å². The van der Waals surface area contributed by atoms with Crippen molar-refractivity contribution in [2.24, 2.45) is 0 Å². The summed E-state index contributed by atoms with van der Waals surface area (Å²) in [6.07, 6.45) is 1.55. The second-order valence-corrected chi connectivity index (χ2v) is 3.50. The maximum atomic E-state index is 11.5. The van der Waals surface area contributed by atoms with Crippen LogP contribution < -0.4 is 5.32 Å². The van der Waals surface area contributed by atoms with Crippen LogP contribution in [0.1, 0.15) is 25.6 Å². The highest BCUT2D eigenvalue weighted by Crippen LogP contribution is 2.17. The first-order valence-corrected chi connectivity index (χ1v) is 4.93. The van der Waals surface area contributed by atoms with Crippen molar-refractivity contribution in [3.05, 3.63) is 16.9 Å². The summed E-state index contributed by atoms with van der Waals surface area (Å²) in [6.45, 7) is 6.14. The maximum absolute atomic E-state index is 11.5. The second kappa shape index (κ2) is 4.46. The molecule has 1 aromatic heterocycles. The Labute approximate surface area is 88.2 Å². The van der Waals surface area contributed by atoms with Crippen LogP contribution in [0.2, 0.25) is 5.02 Å². The number of rotatable bonds is 3. The van der Waals surface area contributed by atoms with Gasteiger partial charge in [-0.25, -0.2) is 0 Å². The molecule has 1 N–H and O–H groups in total. The number of carbonyl (C=O) groups is 1. The molecule has 5 heteroatoms. The second-order valence-electron chi connectivity index (χ2n) is 3.09. The van der Waals surface area contributed by atoms with Crippen LogP contribution >= 0.6 is 11.6 Å². The minimum Gasteiger partial charge on any atom is -0.355 e. The zero-order valence-corrected chi connectivity index (χ0v) is 9.30. The first-order chi connectivity index (χ1) is 6.57. The van der Waals surface area contributed by atoms with Gasteiger partial charge in [0.15, 0.2) is 0 Å². The topological polar surface area (TPSA) is 46.9 Å². The molecule has 0 bridgehead atoms. The zero-order valence-electron chi connectivity index (χ0n) is 8.54. The van der Waals surface area contributed by atoms with Crippen molar-refractivity contribution in [3.63, 3.8) is 0 Å². The molecule has 14 heavy (non-hydrogen) atoms. The van der Waals surface area contributed by atoms with Crippen molar-refractivity contribution < 1.29 is 4.79 Å². The van der Waals surface area contributed by atoms with Crippen molar-refractivity contribution in [2.45, 2.75) is 26.8 Å². The molecule has 1 heterocycles. The minimum absolute atomic E-state index is 0.0460. The molecule has 1 rings (SSSR count). The molecule has 0 aliphatic rings. The lowest BCUT2D eigenvalue weighted by molar-refractivity contribution is -0.124. The van der Waals surface area contributed by atoms with Crippen LogP contribution in [-0.2, 0) is 4.79 Å². The molecule has 0 aromatic carbocycles. The van der Waals surface area contributed by atoms with Crippen LogP contribution in [-0.4, -0.2) is 22.2 Å². The Bertz CT molecular complexity index is 335. The van der Waals surface area contributed by atoms with E-state index in [0.29, 0.717) is 11.6 Å². The molecule has 1 aromatic rings. The fourth-order valence-corrected chi connectivity index (χ4v) is 1.36. The molecule has 0 saturated heterocycles. The van der Waals surface area contributed by atoms with Crippen molar-refractivity contribution in [2.75, 3.05) is 6.54 Å². The Morgan fingerprint density at radius 2 is 2.43 bits per heavy atom. The fraction of sp³-hybridized carbons (Fsp3) is 0.556. The lowest BCUT2D eigenvalue weighted by atomic mass is 10.3. The van der Waals surface area contributed by atoms with Crippen LogP contribution in [0.4, 0.5) is 0 Å². The molecule has 78 valence electrons. The molecule has 0 spiro atoms. The average molecular weight is 216 g/mol. The third-order valence-corrected chi connectivity index (χ3v) is 2.45. The van der Waals surface area contributed by atoms with Crippen LogP contribution in [0.5, 0.6) is 0 Å². The van der Waals surface area contributed by atoms with Gasteiger partial charge < -0.3 is 5.32 Å². The first-order valence-electron chi connectivity index (χ1n) is 4.55. The van der Waals surface area contributed by atoms with Crippen molar-refractivity contribution >= 4 is 17.5 Å². The van der Waals surface area contributed by atoms with Gasteiger partial charge in [0.05, 0.1) is 16.9 Å². The summed E-state index contributed by atoms with van der Waals surface area (Å²) in [5.74, 6) is -0.0460. The van der Waals surface area contributed by atoms with E-state index in [-0.39, 0.29) is 11.9 Å². The van der Waals surface area contributed by atoms with Gasteiger partial charge in [-0.3, -0.25) is 9.48 Å². The van der Waals surface area contributed by atoms with E-state index in [1.807, 2.05) is 13.8 Å². The Kier molecular flexibility index (Phi) is 3.52. The number of halogens is 1. The number of nitrogens with one attached hydrogen (secondary N) is 1. The largest absolute Gasteiger partial charge is 0.355 e. The molecule has 0 saturated carbocycles. The first kappa shape index (κ1) is 11.0. The van der Waals surface area contributed by atoms with E-state index in [1.165, 1.54) is 0 Å². The quantitative estimate of drug-likeness (QED) is 0.832. The standard InChI is InChI=1S/C9H14ClN3O/c1-4-11-9(14)7(3)13-6(2)8(10)5-12-13/h5,7H,4H2,1-3H3,(H,11,14). The highest BCUT2D eigenvalue weighted by Gasteiger charge is 2.17. The van der Waals surface area contributed by atoms with Gasteiger partial charge in [-0.05, 0) is 20.8 Å². The lowest BCUT2D eigenvalue weighted by Gasteiger charge is -2.13. The van der Waals surface area contributed by atoms with Crippen LogP contribution in [0.25, 0.3) is 0 Å². The van der Waals surface area contributed by atoms with Gasteiger partial charge in [0.1, 0.15) is 6.04 Å². The van der Waals surface area contributed by atoms with E-state index in [0.717, 1.165) is 5.69 Å². The maximum Gasteiger partial charge on any atom is 0.244 e. The number of amides is 1. The highest BCUT2D eigenvalue weighted by molar-refractivity contribution is 6.31. The summed E-state index contributed by atoms with van der Waals surface area (Å²) in [7, 11) is 0. The summed E-state index contributed by atoms with van der Waals surface area (Å²) in [4.78, 5) is 11.5. The lowest BCUT2D eigenvalue weighted by Crippen LogP contribution is -2.31. The van der Waals surface area contributed by atoms with E-state index in [1.54, 1.807) is 17.8 Å². The molecule has 1 unspecified atom stereocenters.